The fourth-order valence-corrected chi connectivity index (χ4v) is 0.439. The van der Waals surface area contributed by atoms with Gasteiger partial charge in [0.2, 0.25) is 0 Å². The molecule has 0 spiro atoms. The minimum Gasteiger partial charge on any atom is -0.370 e. The summed E-state index contributed by atoms with van der Waals surface area (Å²) < 4.78 is 0. The van der Waals surface area contributed by atoms with Gasteiger partial charge in [0, 0.05) is 12.5 Å². The Balaban J connectivity index is 3.22. The van der Waals surface area contributed by atoms with Gasteiger partial charge in [0.05, 0.1) is 0 Å². The Morgan fingerprint density at radius 2 is 2.20 bits per heavy atom. The van der Waals surface area contributed by atoms with Crippen molar-refractivity contribution in [2.24, 2.45) is 0 Å². The smallest absolute Gasteiger partial charge is 0.324 e. The van der Waals surface area contributed by atoms with E-state index in [0.717, 1.165) is 6.42 Å². The molecule has 0 aromatic rings. The highest BCUT2D eigenvalue weighted by Gasteiger charge is 2.00. The van der Waals surface area contributed by atoms with Gasteiger partial charge in [-0.1, -0.05) is 6.92 Å². The Hall–Kier alpha value is -0.570. The van der Waals surface area contributed by atoms with Gasteiger partial charge in [-0.25, -0.2) is 0 Å². The Morgan fingerprint density at radius 3 is 2.60 bits per heavy atom. The molecule has 60 valence electrons. The van der Waals surface area contributed by atoms with Crippen LogP contribution in [0, 0.1) is 0 Å². The zero-order valence-electron chi connectivity index (χ0n) is 6.81. The molecule has 0 bridgehead atoms. The number of nitrogens with one attached hydrogen (secondary N) is 1. The minimum atomic E-state index is -0.184. The van der Waals surface area contributed by atoms with Crippen molar-refractivity contribution >= 4 is 5.97 Å². The van der Waals surface area contributed by atoms with Crippen molar-refractivity contribution in [2.45, 2.75) is 39.7 Å². The minimum absolute atomic E-state index is 0.184. The maximum Gasteiger partial charge on any atom is 0.324 e. The van der Waals surface area contributed by atoms with Crippen LogP contribution in [0.25, 0.3) is 0 Å². The van der Waals surface area contributed by atoms with Gasteiger partial charge in [-0.2, -0.15) is 5.48 Å². The third kappa shape index (κ3) is 5.56. The molecule has 10 heavy (non-hydrogen) atoms. The summed E-state index contributed by atoms with van der Waals surface area (Å²) in [5, 5.41) is 0. The second-order valence-electron chi connectivity index (χ2n) is 2.50. The molecule has 0 aliphatic carbocycles. The van der Waals surface area contributed by atoms with E-state index in [1.165, 1.54) is 0 Å². The quantitative estimate of drug-likeness (QED) is 0.605. The molecule has 0 radical (unpaired) electrons. The van der Waals surface area contributed by atoms with E-state index in [9.17, 15) is 4.79 Å². The van der Waals surface area contributed by atoms with Crippen molar-refractivity contribution in [3.05, 3.63) is 0 Å². The van der Waals surface area contributed by atoms with E-state index >= 15 is 0 Å². The summed E-state index contributed by atoms with van der Waals surface area (Å²) in [6, 6.07) is 0.195. The molecule has 0 unspecified atom stereocenters. The summed E-state index contributed by atoms with van der Waals surface area (Å²) >= 11 is 0. The molecule has 0 rings (SSSR count). The molecular weight excluding hydrogens is 130 g/mol. The van der Waals surface area contributed by atoms with Crippen LogP contribution in [-0.4, -0.2) is 12.0 Å². The fourth-order valence-electron chi connectivity index (χ4n) is 0.439. The second-order valence-corrected chi connectivity index (χ2v) is 2.50. The molecule has 0 saturated carbocycles. The zero-order valence-corrected chi connectivity index (χ0v) is 6.81. The normalized spacial score (nSPS) is 10.0. The van der Waals surface area contributed by atoms with Gasteiger partial charge in [0.1, 0.15) is 0 Å². The predicted molar refractivity (Wildman–Crippen MR) is 39.3 cm³/mol. The predicted octanol–water partition coefficient (Wildman–Crippen LogP) is 1.24. The summed E-state index contributed by atoms with van der Waals surface area (Å²) in [6.45, 7) is 5.77. The molecular formula is C7H15NO2. The van der Waals surface area contributed by atoms with E-state index < -0.39 is 0 Å². The molecule has 0 atom stereocenters. The van der Waals surface area contributed by atoms with Crippen LogP contribution in [0.4, 0.5) is 0 Å². The highest BCUT2D eigenvalue weighted by atomic mass is 16.7. The van der Waals surface area contributed by atoms with Crippen molar-refractivity contribution in [3.63, 3.8) is 0 Å². The Morgan fingerprint density at radius 1 is 1.60 bits per heavy atom. The van der Waals surface area contributed by atoms with Crippen LogP contribution in [0.3, 0.4) is 0 Å². The molecule has 0 fully saturated rings. The third-order valence-electron chi connectivity index (χ3n) is 0.863. The number of carbonyl (C=O) groups excluding carboxylic acids is 1. The third-order valence-corrected chi connectivity index (χ3v) is 0.863. The van der Waals surface area contributed by atoms with Crippen LogP contribution >= 0.6 is 0 Å². The summed E-state index contributed by atoms with van der Waals surface area (Å²) in [4.78, 5) is 15.3. The molecule has 0 aliphatic heterocycles. The Labute approximate surface area is 61.7 Å². The maximum atomic E-state index is 10.7. The number of hydrogen-bond acceptors (Lipinski definition) is 3. The molecule has 0 saturated heterocycles. The maximum absolute atomic E-state index is 10.7. The van der Waals surface area contributed by atoms with Crippen molar-refractivity contribution in [2.75, 3.05) is 0 Å². The molecule has 0 aromatic heterocycles. The van der Waals surface area contributed by atoms with Crippen LogP contribution < -0.4 is 5.48 Å². The van der Waals surface area contributed by atoms with Crippen LogP contribution in [0.15, 0.2) is 0 Å². The van der Waals surface area contributed by atoms with E-state index in [1.807, 2.05) is 20.8 Å². The molecule has 0 aliphatic rings. The number of hydroxylamine groups is 1. The van der Waals surface area contributed by atoms with Gasteiger partial charge in [-0.15, -0.1) is 0 Å². The van der Waals surface area contributed by atoms with Gasteiger partial charge in [0.15, 0.2) is 0 Å². The van der Waals surface area contributed by atoms with E-state index in [-0.39, 0.29) is 12.0 Å². The Kier molecular flexibility index (Phi) is 4.94. The lowest BCUT2D eigenvalue weighted by Crippen LogP contribution is -2.26. The van der Waals surface area contributed by atoms with Crippen molar-refractivity contribution in [3.8, 4) is 0 Å². The number of hydrogen-bond donors (Lipinski definition) is 1. The SMILES string of the molecule is CCCC(=O)ONC(C)C. The number of rotatable bonds is 4. The average Bonchev–Trinajstić information content (AvgIpc) is 1.85. The molecule has 0 heterocycles. The van der Waals surface area contributed by atoms with E-state index in [4.69, 9.17) is 0 Å². The first-order valence-electron chi connectivity index (χ1n) is 3.62. The number of carbonyl (C=O) groups is 1. The summed E-state index contributed by atoms with van der Waals surface area (Å²) in [7, 11) is 0. The van der Waals surface area contributed by atoms with E-state index in [1.54, 1.807) is 0 Å². The van der Waals surface area contributed by atoms with Crippen LogP contribution in [-0.2, 0) is 9.63 Å². The molecule has 3 heteroatoms. The topological polar surface area (TPSA) is 38.3 Å². The van der Waals surface area contributed by atoms with Crippen molar-refractivity contribution in [1.29, 1.82) is 0 Å². The van der Waals surface area contributed by atoms with Gasteiger partial charge in [-0.05, 0) is 20.3 Å². The second kappa shape index (κ2) is 5.23. The largest absolute Gasteiger partial charge is 0.370 e. The highest BCUT2D eigenvalue weighted by Crippen LogP contribution is 1.89. The first kappa shape index (κ1) is 9.43. The van der Waals surface area contributed by atoms with Crippen LogP contribution in [0.5, 0.6) is 0 Å². The lowest BCUT2D eigenvalue weighted by atomic mass is 10.3. The first-order valence-corrected chi connectivity index (χ1v) is 3.62. The summed E-state index contributed by atoms with van der Waals surface area (Å²) in [5.74, 6) is -0.184. The van der Waals surface area contributed by atoms with Crippen molar-refractivity contribution < 1.29 is 9.63 Å². The van der Waals surface area contributed by atoms with Gasteiger partial charge >= 0.3 is 5.97 Å². The first-order chi connectivity index (χ1) is 4.66. The van der Waals surface area contributed by atoms with Gasteiger partial charge in [-0.3, -0.25) is 4.79 Å². The van der Waals surface area contributed by atoms with Gasteiger partial charge in [0.25, 0.3) is 0 Å². The fraction of sp³-hybridized carbons (Fsp3) is 0.857. The van der Waals surface area contributed by atoms with Crippen LogP contribution in [0.2, 0.25) is 0 Å². The van der Waals surface area contributed by atoms with Crippen molar-refractivity contribution in [1.82, 2.24) is 5.48 Å². The van der Waals surface area contributed by atoms with Crippen LogP contribution in [0.1, 0.15) is 33.6 Å². The monoisotopic (exact) mass is 145 g/mol. The molecule has 1 N–H and O–H groups in total. The lowest BCUT2D eigenvalue weighted by Gasteiger charge is -2.06. The summed E-state index contributed by atoms with van der Waals surface area (Å²) in [5.41, 5.74) is 2.58. The highest BCUT2D eigenvalue weighted by molar-refractivity contribution is 5.68. The van der Waals surface area contributed by atoms with Gasteiger partial charge < -0.3 is 4.84 Å². The summed E-state index contributed by atoms with van der Waals surface area (Å²) in [6.07, 6.45) is 1.32. The van der Waals surface area contributed by atoms with E-state index in [2.05, 4.69) is 10.3 Å². The molecule has 3 nitrogen and oxygen atoms in total. The molecule has 0 amide bonds. The lowest BCUT2D eigenvalue weighted by molar-refractivity contribution is -0.152. The standard InChI is InChI=1S/C7H15NO2/c1-4-5-7(9)10-8-6(2)3/h6,8H,4-5H2,1-3H3. The van der Waals surface area contributed by atoms with E-state index in [0.29, 0.717) is 6.42 Å². The zero-order chi connectivity index (χ0) is 7.98. The average molecular weight is 145 g/mol. The Bertz CT molecular complexity index is 102. The molecule has 0 aromatic carbocycles.